The van der Waals surface area contributed by atoms with Gasteiger partial charge >= 0.3 is 0 Å². The minimum absolute atomic E-state index is 0.266. The van der Waals surface area contributed by atoms with Crippen LogP contribution in [0.15, 0.2) is 34.8 Å². The van der Waals surface area contributed by atoms with Crippen molar-refractivity contribution in [3.8, 4) is 0 Å². The Kier molecular flexibility index (Phi) is 1.99. The molecule has 0 radical (unpaired) electrons. The highest BCUT2D eigenvalue weighted by Crippen LogP contribution is 2.22. The summed E-state index contributed by atoms with van der Waals surface area (Å²) in [5.41, 5.74) is 5.93. The van der Waals surface area contributed by atoms with E-state index < -0.39 is 0 Å². The number of fused-ring (bicyclic) bond motifs is 1. The lowest BCUT2D eigenvalue weighted by atomic mass is 10.3. The van der Waals surface area contributed by atoms with Crippen LogP contribution >= 0.6 is 0 Å². The number of nitrogens with zero attached hydrogens (tertiary/aromatic N) is 4. The third-order valence-corrected chi connectivity index (χ3v) is 3.33. The van der Waals surface area contributed by atoms with Crippen LogP contribution < -0.4 is 5.73 Å². The normalized spacial score (nSPS) is 36.4. The van der Waals surface area contributed by atoms with Gasteiger partial charge < -0.3 is 10.6 Å². The summed E-state index contributed by atoms with van der Waals surface area (Å²) in [5, 5.41) is 0. The smallest absolute Gasteiger partial charge is 0.280 e. The van der Waals surface area contributed by atoms with Crippen LogP contribution in [0.2, 0.25) is 0 Å². The molecule has 5 heteroatoms. The molecule has 3 aliphatic heterocycles. The monoisotopic (exact) mass is 218 g/mol. The zero-order valence-electron chi connectivity index (χ0n) is 9.37. The van der Waals surface area contributed by atoms with Crippen LogP contribution in [0.25, 0.3) is 0 Å². The molecule has 0 aliphatic carbocycles. The van der Waals surface area contributed by atoms with Gasteiger partial charge in [0.1, 0.15) is 12.4 Å². The van der Waals surface area contributed by atoms with E-state index in [1.54, 1.807) is 0 Å². The quantitative estimate of drug-likeness (QED) is 0.592. The summed E-state index contributed by atoms with van der Waals surface area (Å²) in [6.07, 6.45) is 8.82. The standard InChI is InChI=1S/C11H16N5/c1-16-6-3-13-10(11(16)14-4-7-16)15-5-2-9(12)8-15/h3-4,6-7,9H,2,5,8,12H2,1H3/q+1. The first kappa shape index (κ1) is 9.74. The van der Waals surface area contributed by atoms with Crippen molar-refractivity contribution in [2.75, 3.05) is 20.1 Å². The fourth-order valence-corrected chi connectivity index (χ4v) is 2.33. The highest BCUT2D eigenvalue weighted by Gasteiger charge is 2.39. The Labute approximate surface area is 94.9 Å². The molecule has 0 spiro atoms. The number of quaternary nitrogens is 1. The van der Waals surface area contributed by atoms with Crippen LogP contribution in [0.1, 0.15) is 6.42 Å². The van der Waals surface area contributed by atoms with Crippen molar-refractivity contribution in [3.05, 3.63) is 24.8 Å². The molecule has 2 N–H and O–H groups in total. The number of likely N-dealkylation sites (tertiary alicyclic amines) is 1. The van der Waals surface area contributed by atoms with E-state index >= 15 is 0 Å². The van der Waals surface area contributed by atoms with Crippen LogP contribution in [0, 0.1) is 0 Å². The van der Waals surface area contributed by atoms with Crippen molar-refractivity contribution in [2.45, 2.75) is 12.5 Å². The molecule has 84 valence electrons. The van der Waals surface area contributed by atoms with Gasteiger partial charge in [0.15, 0.2) is 0 Å². The van der Waals surface area contributed by atoms with Gasteiger partial charge in [0.2, 0.25) is 5.84 Å². The van der Waals surface area contributed by atoms with Gasteiger partial charge in [0.25, 0.3) is 5.84 Å². The molecule has 0 saturated carbocycles. The first-order valence-corrected chi connectivity index (χ1v) is 5.57. The van der Waals surface area contributed by atoms with E-state index in [-0.39, 0.29) is 6.04 Å². The highest BCUT2D eigenvalue weighted by molar-refractivity contribution is 6.38. The van der Waals surface area contributed by atoms with Crippen LogP contribution in [0.5, 0.6) is 0 Å². The Morgan fingerprint density at radius 2 is 2.12 bits per heavy atom. The molecule has 0 bridgehead atoms. The van der Waals surface area contributed by atoms with Crippen molar-refractivity contribution < 1.29 is 4.48 Å². The SMILES string of the molecule is C[N+]12C=CN=C(N3CCC(N)C3)C1=NC=C2. The van der Waals surface area contributed by atoms with E-state index in [2.05, 4.69) is 28.1 Å². The molecular weight excluding hydrogens is 202 g/mol. The minimum Gasteiger partial charge on any atom is -0.349 e. The topological polar surface area (TPSA) is 54.0 Å². The number of hydrogen-bond donors (Lipinski definition) is 1. The van der Waals surface area contributed by atoms with Gasteiger partial charge in [-0.05, 0) is 6.42 Å². The molecule has 1 fully saturated rings. The predicted molar refractivity (Wildman–Crippen MR) is 63.5 cm³/mol. The third-order valence-electron chi connectivity index (χ3n) is 3.33. The number of hydrogen-bond acceptors (Lipinski definition) is 4. The molecule has 5 nitrogen and oxygen atoms in total. The Morgan fingerprint density at radius 1 is 1.38 bits per heavy atom. The molecule has 3 heterocycles. The Balaban J connectivity index is 1.92. The van der Waals surface area contributed by atoms with Crippen molar-refractivity contribution in [1.82, 2.24) is 4.90 Å². The fourth-order valence-electron chi connectivity index (χ4n) is 2.33. The molecule has 2 unspecified atom stereocenters. The second kappa shape index (κ2) is 3.26. The number of likely N-dealkylation sites (N-methyl/N-ethyl adjacent to an activating group) is 1. The average Bonchev–Trinajstić information content (AvgIpc) is 2.82. The van der Waals surface area contributed by atoms with E-state index in [4.69, 9.17) is 5.73 Å². The van der Waals surface area contributed by atoms with Gasteiger partial charge in [0.05, 0.1) is 19.4 Å². The van der Waals surface area contributed by atoms with Gasteiger partial charge in [-0.15, -0.1) is 0 Å². The molecule has 0 amide bonds. The van der Waals surface area contributed by atoms with Gasteiger partial charge in [-0.2, -0.15) is 4.99 Å². The lowest BCUT2D eigenvalue weighted by molar-refractivity contribution is -0.702. The zero-order valence-corrected chi connectivity index (χ0v) is 9.37. The predicted octanol–water partition coefficient (Wildman–Crippen LogP) is 0.233. The van der Waals surface area contributed by atoms with Gasteiger partial charge in [-0.1, -0.05) is 0 Å². The van der Waals surface area contributed by atoms with E-state index in [1.165, 1.54) is 0 Å². The largest absolute Gasteiger partial charge is 0.349 e. The fraction of sp³-hybridized carbons (Fsp3) is 0.455. The highest BCUT2D eigenvalue weighted by atomic mass is 15.4. The number of rotatable bonds is 0. The summed E-state index contributed by atoms with van der Waals surface area (Å²) in [5.74, 6) is 1.97. The Bertz CT molecular complexity index is 434. The summed E-state index contributed by atoms with van der Waals surface area (Å²) in [7, 11) is 2.10. The van der Waals surface area contributed by atoms with Gasteiger partial charge in [-0.25, -0.2) is 9.48 Å². The van der Waals surface area contributed by atoms with Gasteiger partial charge in [-0.3, -0.25) is 0 Å². The van der Waals surface area contributed by atoms with Crippen molar-refractivity contribution in [2.24, 2.45) is 15.7 Å². The van der Waals surface area contributed by atoms with Crippen LogP contribution in [0.4, 0.5) is 0 Å². The molecule has 1 saturated heterocycles. The van der Waals surface area contributed by atoms with Crippen molar-refractivity contribution >= 4 is 11.7 Å². The molecular formula is C11H16N5+. The maximum atomic E-state index is 5.93. The lowest BCUT2D eigenvalue weighted by Gasteiger charge is -2.29. The van der Waals surface area contributed by atoms with Crippen molar-refractivity contribution in [1.29, 1.82) is 0 Å². The maximum Gasteiger partial charge on any atom is 0.280 e. The summed E-state index contributed by atoms with van der Waals surface area (Å²) < 4.78 is 0.616. The second-order valence-corrected chi connectivity index (χ2v) is 4.64. The maximum absolute atomic E-state index is 5.93. The van der Waals surface area contributed by atoms with E-state index in [1.807, 2.05) is 18.6 Å². The Morgan fingerprint density at radius 3 is 2.81 bits per heavy atom. The van der Waals surface area contributed by atoms with Crippen LogP contribution in [-0.2, 0) is 0 Å². The first-order valence-electron chi connectivity index (χ1n) is 5.57. The number of nitrogens with two attached hydrogens (primary N) is 1. The van der Waals surface area contributed by atoms with E-state index in [9.17, 15) is 0 Å². The second-order valence-electron chi connectivity index (χ2n) is 4.64. The summed E-state index contributed by atoms with van der Waals surface area (Å²) >= 11 is 0. The Hall–Kier alpha value is -1.46. The molecule has 0 aromatic heterocycles. The van der Waals surface area contributed by atoms with E-state index in [0.717, 1.165) is 31.2 Å². The molecule has 0 aromatic rings. The molecule has 3 rings (SSSR count). The minimum atomic E-state index is 0.266. The summed E-state index contributed by atoms with van der Waals surface area (Å²) in [4.78, 5) is 11.1. The molecule has 3 aliphatic rings. The zero-order chi connectivity index (χ0) is 11.2. The van der Waals surface area contributed by atoms with Gasteiger partial charge in [0, 0.05) is 19.1 Å². The lowest BCUT2D eigenvalue weighted by Crippen LogP contribution is -2.49. The van der Waals surface area contributed by atoms with Crippen LogP contribution in [-0.4, -0.2) is 47.2 Å². The van der Waals surface area contributed by atoms with E-state index in [0.29, 0.717) is 4.48 Å². The molecule has 2 atom stereocenters. The number of amidine groups is 2. The molecule has 16 heavy (non-hydrogen) atoms. The molecule has 0 aromatic carbocycles. The summed E-state index contributed by atoms with van der Waals surface area (Å²) in [6, 6.07) is 0.266. The number of aliphatic imine (C=N–C) groups is 2. The first-order chi connectivity index (χ1) is 7.69. The van der Waals surface area contributed by atoms with Crippen LogP contribution in [0.3, 0.4) is 0 Å². The van der Waals surface area contributed by atoms with Crippen molar-refractivity contribution in [3.63, 3.8) is 0 Å². The average molecular weight is 218 g/mol. The summed E-state index contributed by atoms with van der Waals surface area (Å²) in [6.45, 7) is 1.86. The third kappa shape index (κ3) is 1.32.